The van der Waals surface area contributed by atoms with Crippen LogP contribution in [0.5, 0.6) is 0 Å². The van der Waals surface area contributed by atoms with E-state index in [1.807, 2.05) is 72.0 Å². The van der Waals surface area contributed by atoms with Crippen LogP contribution >= 0.6 is 11.3 Å². The molecule has 0 aliphatic rings. The molecule has 0 radical (unpaired) electrons. The first-order chi connectivity index (χ1) is 29.2. The topological polar surface area (TPSA) is 48.5 Å². The number of benzene rings is 8. The Bertz CT molecular complexity index is 3470. The zero-order chi connectivity index (χ0) is 38.9. The largest absolute Gasteiger partial charge is 0.317 e. The third-order valence-electron chi connectivity index (χ3n) is 11.4. The second-order valence-corrected chi connectivity index (χ2v) is 16.0. The van der Waals surface area contributed by atoms with Crippen LogP contribution in [0.25, 0.3) is 110 Å². The van der Waals surface area contributed by atoms with Crippen LogP contribution in [0.4, 0.5) is 0 Å². The molecule has 0 saturated heterocycles. The highest BCUT2D eigenvalue weighted by atomic mass is 32.1. The van der Waals surface area contributed by atoms with E-state index in [2.05, 4.69) is 149 Å². The van der Waals surface area contributed by atoms with Crippen molar-refractivity contribution in [3.05, 3.63) is 200 Å². The molecule has 0 amide bonds. The first-order valence-electron chi connectivity index (χ1n) is 19.8. The van der Waals surface area contributed by atoms with E-state index in [4.69, 9.17) is 15.0 Å². The van der Waals surface area contributed by atoms with Crippen molar-refractivity contribution in [3.8, 4) is 56.7 Å². The molecule has 0 spiro atoms. The summed E-state index contributed by atoms with van der Waals surface area (Å²) < 4.78 is 7.33. The van der Waals surface area contributed by atoms with Gasteiger partial charge in [0.1, 0.15) is 0 Å². The van der Waals surface area contributed by atoms with Gasteiger partial charge in [-0.05, 0) is 77.9 Å². The first kappa shape index (κ1) is 33.5. The fraction of sp³-hybridized carbons (Fsp3) is 0. The molecule has 0 fully saturated rings. The minimum atomic E-state index is 0.640. The van der Waals surface area contributed by atoms with Gasteiger partial charge in [-0.1, -0.05) is 127 Å². The van der Waals surface area contributed by atoms with Crippen molar-refractivity contribution in [1.29, 1.82) is 0 Å². The average molecular weight is 772 g/mol. The lowest BCUT2D eigenvalue weighted by Crippen LogP contribution is -2.00. The highest BCUT2D eigenvalue weighted by Gasteiger charge is 2.19. The molecule has 4 heterocycles. The molecule has 0 saturated carbocycles. The maximum absolute atomic E-state index is 4.99. The third kappa shape index (κ3) is 5.64. The second kappa shape index (κ2) is 13.5. The quantitative estimate of drug-likeness (QED) is 0.169. The Kier molecular flexibility index (Phi) is 7.64. The fourth-order valence-corrected chi connectivity index (χ4v) is 9.65. The molecule has 12 rings (SSSR count). The van der Waals surface area contributed by atoms with Crippen molar-refractivity contribution in [3.63, 3.8) is 0 Å². The number of hydrogen-bond donors (Lipinski definition) is 0. The minimum Gasteiger partial charge on any atom is -0.317 e. The summed E-state index contributed by atoms with van der Waals surface area (Å²) in [6, 6.07) is 68.8. The van der Waals surface area contributed by atoms with Gasteiger partial charge < -0.3 is 9.13 Å². The van der Waals surface area contributed by atoms with E-state index in [0.717, 1.165) is 39.2 Å². The molecular formula is C53H33N5S. The van der Waals surface area contributed by atoms with Crippen molar-refractivity contribution in [2.24, 2.45) is 0 Å². The molecule has 12 aromatic rings. The lowest BCUT2D eigenvalue weighted by molar-refractivity contribution is 1.07. The van der Waals surface area contributed by atoms with E-state index in [0.29, 0.717) is 17.5 Å². The van der Waals surface area contributed by atoms with E-state index in [-0.39, 0.29) is 0 Å². The summed E-state index contributed by atoms with van der Waals surface area (Å²) in [4.78, 5) is 14.9. The first-order valence-corrected chi connectivity index (χ1v) is 20.6. The van der Waals surface area contributed by atoms with Crippen molar-refractivity contribution in [2.75, 3.05) is 0 Å². The number of rotatable bonds is 6. The van der Waals surface area contributed by atoms with Crippen LogP contribution in [-0.4, -0.2) is 24.1 Å². The van der Waals surface area contributed by atoms with Gasteiger partial charge in [0.15, 0.2) is 17.5 Å². The van der Waals surface area contributed by atoms with Crippen LogP contribution < -0.4 is 0 Å². The Morgan fingerprint density at radius 1 is 0.339 bits per heavy atom. The number of para-hydroxylation sites is 1. The normalized spacial score (nSPS) is 11.7. The lowest BCUT2D eigenvalue weighted by atomic mass is 10.0. The highest BCUT2D eigenvalue weighted by molar-refractivity contribution is 7.25. The van der Waals surface area contributed by atoms with Crippen LogP contribution in [0.3, 0.4) is 0 Å². The maximum Gasteiger partial charge on any atom is 0.164 e. The molecule has 6 heteroatoms. The molecule has 0 N–H and O–H groups in total. The van der Waals surface area contributed by atoms with Crippen molar-refractivity contribution >= 4 is 64.2 Å². The zero-order valence-electron chi connectivity index (χ0n) is 31.7. The van der Waals surface area contributed by atoms with Crippen LogP contribution in [0.1, 0.15) is 0 Å². The Balaban J connectivity index is 0.991. The predicted molar refractivity (Wildman–Crippen MR) is 246 cm³/mol. The van der Waals surface area contributed by atoms with Gasteiger partial charge in [-0.15, -0.1) is 11.3 Å². The molecule has 4 aromatic heterocycles. The summed E-state index contributed by atoms with van der Waals surface area (Å²) in [7, 11) is 0. The van der Waals surface area contributed by atoms with E-state index >= 15 is 0 Å². The monoisotopic (exact) mass is 771 g/mol. The van der Waals surface area contributed by atoms with Gasteiger partial charge in [-0.3, -0.25) is 0 Å². The summed E-state index contributed by atoms with van der Waals surface area (Å²) in [5, 5.41) is 6.29. The van der Waals surface area contributed by atoms with Gasteiger partial charge in [-0.25, -0.2) is 15.0 Å². The molecular weight excluding hydrogens is 739 g/mol. The van der Waals surface area contributed by atoms with Crippen LogP contribution in [0, 0.1) is 0 Å². The van der Waals surface area contributed by atoms with Crippen molar-refractivity contribution in [1.82, 2.24) is 24.1 Å². The van der Waals surface area contributed by atoms with Gasteiger partial charge in [0.25, 0.3) is 0 Å². The summed E-state index contributed by atoms with van der Waals surface area (Å²) >= 11 is 1.86. The SMILES string of the molecule is c1ccc(-c2nc(-c3ccccc3)nc(-c3cccc(-c4ccc(-n5c6cc7ccn(-c8ccccc8)c7cc6c6cc7c(cc65)sc5ccccc57)cc4)c3)n2)cc1. The average Bonchev–Trinajstić information content (AvgIpc) is 3.99. The molecule has 0 bridgehead atoms. The molecule has 5 nitrogen and oxygen atoms in total. The number of nitrogens with zero attached hydrogens (tertiary/aromatic N) is 5. The minimum absolute atomic E-state index is 0.640. The third-order valence-corrected chi connectivity index (χ3v) is 12.5. The molecule has 0 unspecified atom stereocenters. The number of aromatic nitrogens is 5. The Labute approximate surface area is 343 Å². The maximum atomic E-state index is 4.99. The van der Waals surface area contributed by atoms with Crippen molar-refractivity contribution in [2.45, 2.75) is 0 Å². The predicted octanol–water partition coefficient (Wildman–Crippen LogP) is 13.9. The molecule has 0 aliphatic carbocycles. The van der Waals surface area contributed by atoms with Crippen LogP contribution in [0.2, 0.25) is 0 Å². The number of hydrogen-bond acceptors (Lipinski definition) is 4. The fourth-order valence-electron chi connectivity index (χ4n) is 8.53. The molecule has 59 heavy (non-hydrogen) atoms. The van der Waals surface area contributed by atoms with E-state index < -0.39 is 0 Å². The van der Waals surface area contributed by atoms with Gasteiger partial charge in [0.05, 0.1) is 16.6 Å². The highest BCUT2D eigenvalue weighted by Crippen LogP contribution is 2.42. The van der Waals surface area contributed by atoms with Crippen LogP contribution in [0.15, 0.2) is 200 Å². The lowest BCUT2D eigenvalue weighted by Gasteiger charge is -2.11. The standard InChI is InChI=1S/C53H33N5S/c1-4-13-35(14-5-1)51-54-52(36-15-6-2-7-16-36)56-53(55-51)39-18-12-17-37(29-39)34-23-25-41(26-24-34)58-47-30-38-27-28-57(40-19-8-3-9-20-40)46(38)32-44(47)43-31-45-42-21-10-11-22-49(42)59-50(45)33-48(43)58/h1-33H. The van der Waals surface area contributed by atoms with Crippen LogP contribution in [-0.2, 0) is 0 Å². The van der Waals surface area contributed by atoms with E-state index in [1.165, 1.54) is 52.9 Å². The summed E-state index contributed by atoms with van der Waals surface area (Å²) in [5.41, 5.74) is 10.9. The van der Waals surface area contributed by atoms with E-state index in [1.54, 1.807) is 0 Å². The Morgan fingerprint density at radius 2 is 0.932 bits per heavy atom. The summed E-state index contributed by atoms with van der Waals surface area (Å²) in [6.45, 7) is 0. The van der Waals surface area contributed by atoms with Gasteiger partial charge in [0, 0.05) is 70.6 Å². The molecule has 0 aliphatic heterocycles. The smallest absolute Gasteiger partial charge is 0.164 e. The van der Waals surface area contributed by atoms with E-state index in [9.17, 15) is 0 Å². The Morgan fingerprint density at radius 3 is 1.66 bits per heavy atom. The zero-order valence-corrected chi connectivity index (χ0v) is 32.5. The number of fused-ring (bicyclic) bond motifs is 7. The molecule has 8 aromatic carbocycles. The van der Waals surface area contributed by atoms with Gasteiger partial charge >= 0.3 is 0 Å². The molecule has 276 valence electrons. The Hall–Kier alpha value is -7.67. The number of thiophene rings is 1. The van der Waals surface area contributed by atoms with Gasteiger partial charge in [0.2, 0.25) is 0 Å². The molecule has 0 atom stereocenters. The van der Waals surface area contributed by atoms with Gasteiger partial charge in [-0.2, -0.15) is 0 Å². The summed E-state index contributed by atoms with van der Waals surface area (Å²) in [5.74, 6) is 1.94. The summed E-state index contributed by atoms with van der Waals surface area (Å²) in [6.07, 6.45) is 2.18. The van der Waals surface area contributed by atoms with Crippen molar-refractivity contribution < 1.29 is 0 Å². The second-order valence-electron chi connectivity index (χ2n) is 14.9.